The van der Waals surface area contributed by atoms with Crippen LogP contribution in [0.1, 0.15) is 5.56 Å². The average Bonchev–Trinajstić information content (AvgIpc) is 2.36. The number of nitrogens with zero attached hydrogens (tertiary/aromatic N) is 2. The van der Waals surface area contributed by atoms with Crippen LogP contribution in [-0.4, -0.2) is 4.98 Å². The van der Waals surface area contributed by atoms with E-state index < -0.39 is 5.82 Å². The van der Waals surface area contributed by atoms with Gasteiger partial charge in [-0.3, -0.25) is 4.98 Å². The number of nitriles is 1. The fourth-order valence-corrected chi connectivity index (χ4v) is 1.97. The molecule has 1 heterocycles. The maximum Gasteiger partial charge on any atom is 0.163 e. The molecule has 0 fully saturated rings. The van der Waals surface area contributed by atoms with Gasteiger partial charge in [0.15, 0.2) is 5.75 Å². The number of aromatic nitrogens is 1. The van der Waals surface area contributed by atoms with Crippen molar-refractivity contribution in [2.75, 3.05) is 0 Å². The summed E-state index contributed by atoms with van der Waals surface area (Å²) in [5, 5.41) is 8.89. The highest BCUT2D eigenvalue weighted by atomic mass is 79.9. The van der Waals surface area contributed by atoms with Crippen LogP contribution in [0, 0.1) is 17.1 Å². The second-order valence-corrected chi connectivity index (χ2v) is 4.54. The van der Waals surface area contributed by atoms with Gasteiger partial charge in [-0.2, -0.15) is 5.26 Å². The Balaban J connectivity index is 2.41. The number of ether oxygens (including phenoxy) is 1. The summed E-state index contributed by atoms with van der Waals surface area (Å²) in [5.41, 5.74) is 0.312. The highest BCUT2D eigenvalue weighted by Gasteiger charge is 2.11. The molecule has 0 amide bonds. The monoisotopic (exact) mass is 326 g/mol. The molecule has 0 saturated carbocycles. The maximum atomic E-state index is 13.3. The Morgan fingerprint density at radius 2 is 2.17 bits per heavy atom. The van der Waals surface area contributed by atoms with E-state index in [-0.39, 0.29) is 16.5 Å². The second kappa shape index (κ2) is 5.34. The van der Waals surface area contributed by atoms with Gasteiger partial charge in [-0.25, -0.2) is 4.39 Å². The van der Waals surface area contributed by atoms with E-state index in [0.717, 1.165) is 6.07 Å². The first-order valence-corrected chi connectivity index (χ1v) is 5.95. The van der Waals surface area contributed by atoms with Gasteiger partial charge in [0.2, 0.25) is 0 Å². The maximum absolute atomic E-state index is 13.3. The van der Waals surface area contributed by atoms with Gasteiger partial charge in [-0.15, -0.1) is 0 Å². The van der Waals surface area contributed by atoms with Gasteiger partial charge in [0.1, 0.15) is 17.6 Å². The molecule has 0 bridgehead atoms. The SMILES string of the molecule is N#Cc1ccncc1Oc1cc(F)c(Cl)cc1Br. The number of hydrogen-bond donors (Lipinski definition) is 0. The first-order chi connectivity index (χ1) is 8.61. The molecule has 1 aromatic carbocycles. The minimum absolute atomic E-state index is 0.0130. The smallest absolute Gasteiger partial charge is 0.163 e. The Morgan fingerprint density at radius 1 is 1.39 bits per heavy atom. The van der Waals surface area contributed by atoms with Gasteiger partial charge in [0, 0.05) is 12.3 Å². The average molecular weight is 328 g/mol. The Hall–Kier alpha value is -1.64. The molecule has 0 aliphatic carbocycles. The quantitative estimate of drug-likeness (QED) is 0.773. The molecule has 1 aromatic heterocycles. The molecule has 0 radical (unpaired) electrons. The fraction of sp³-hybridized carbons (Fsp3) is 0. The predicted octanol–water partition coefficient (Wildman–Crippen LogP) is 4.30. The van der Waals surface area contributed by atoms with Crippen molar-refractivity contribution in [3.05, 3.63) is 51.5 Å². The lowest BCUT2D eigenvalue weighted by Crippen LogP contribution is -1.91. The second-order valence-electron chi connectivity index (χ2n) is 3.28. The van der Waals surface area contributed by atoms with E-state index in [1.165, 1.54) is 24.5 Å². The highest BCUT2D eigenvalue weighted by molar-refractivity contribution is 9.10. The van der Waals surface area contributed by atoms with E-state index >= 15 is 0 Å². The molecular formula is C12H5BrClFN2O. The van der Waals surface area contributed by atoms with Gasteiger partial charge >= 0.3 is 0 Å². The van der Waals surface area contributed by atoms with Crippen LogP contribution >= 0.6 is 27.5 Å². The van der Waals surface area contributed by atoms with E-state index in [1.807, 2.05) is 6.07 Å². The first kappa shape index (κ1) is 12.8. The summed E-state index contributed by atoms with van der Waals surface area (Å²) in [6.07, 6.45) is 2.86. The van der Waals surface area contributed by atoms with Gasteiger partial charge in [0.05, 0.1) is 21.3 Å². The molecule has 3 nitrogen and oxygen atoms in total. The van der Waals surface area contributed by atoms with Crippen molar-refractivity contribution in [2.24, 2.45) is 0 Å². The molecule has 0 unspecified atom stereocenters. The molecule has 0 saturated heterocycles. The third-order valence-corrected chi connectivity index (χ3v) is 3.01. The third-order valence-electron chi connectivity index (χ3n) is 2.10. The van der Waals surface area contributed by atoms with E-state index in [2.05, 4.69) is 20.9 Å². The first-order valence-electron chi connectivity index (χ1n) is 4.78. The Bertz CT molecular complexity index is 642. The lowest BCUT2D eigenvalue weighted by Gasteiger charge is -2.09. The molecule has 0 aliphatic rings. The molecule has 2 aromatic rings. The Kier molecular flexibility index (Phi) is 3.80. The molecule has 0 N–H and O–H groups in total. The fourth-order valence-electron chi connectivity index (χ4n) is 1.25. The summed E-state index contributed by atoms with van der Waals surface area (Å²) >= 11 is 8.83. The van der Waals surface area contributed by atoms with Crippen molar-refractivity contribution < 1.29 is 9.13 Å². The Morgan fingerprint density at radius 3 is 2.89 bits per heavy atom. The largest absolute Gasteiger partial charge is 0.453 e. The van der Waals surface area contributed by atoms with E-state index in [9.17, 15) is 4.39 Å². The minimum atomic E-state index is -0.600. The van der Waals surface area contributed by atoms with Gasteiger partial charge in [0.25, 0.3) is 0 Å². The molecule has 2 rings (SSSR count). The zero-order chi connectivity index (χ0) is 13.1. The third kappa shape index (κ3) is 2.61. The Labute approximate surface area is 116 Å². The summed E-state index contributed by atoms with van der Waals surface area (Å²) in [4.78, 5) is 3.85. The minimum Gasteiger partial charge on any atom is -0.453 e. The van der Waals surface area contributed by atoms with Gasteiger partial charge in [-0.1, -0.05) is 11.6 Å². The van der Waals surface area contributed by atoms with Gasteiger partial charge in [-0.05, 0) is 28.1 Å². The summed E-state index contributed by atoms with van der Waals surface area (Å²) in [6.45, 7) is 0. The van der Waals surface area contributed by atoms with Crippen LogP contribution in [0.3, 0.4) is 0 Å². The van der Waals surface area contributed by atoms with Crippen LogP contribution in [0.15, 0.2) is 35.1 Å². The van der Waals surface area contributed by atoms with Gasteiger partial charge < -0.3 is 4.74 Å². The van der Waals surface area contributed by atoms with Crippen molar-refractivity contribution in [1.29, 1.82) is 5.26 Å². The van der Waals surface area contributed by atoms with E-state index in [4.69, 9.17) is 21.6 Å². The zero-order valence-corrected chi connectivity index (χ0v) is 11.2. The summed E-state index contributed by atoms with van der Waals surface area (Å²) in [5.74, 6) is -0.124. The molecule has 0 aliphatic heterocycles. The molecule has 0 spiro atoms. The molecule has 6 heteroatoms. The van der Waals surface area contributed by atoms with Crippen molar-refractivity contribution in [1.82, 2.24) is 4.98 Å². The van der Waals surface area contributed by atoms with Crippen LogP contribution < -0.4 is 4.74 Å². The molecule has 18 heavy (non-hydrogen) atoms. The van der Waals surface area contributed by atoms with Crippen LogP contribution in [0.25, 0.3) is 0 Å². The number of rotatable bonds is 2. The van der Waals surface area contributed by atoms with E-state index in [0.29, 0.717) is 10.0 Å². The van der Waals surface area contributed by atoms with Crippen LogP contribution in [0.5, 0.6) is 11.5 Å². The predicted molar refractivity (Wildman–Crippen MR) is 68.1 cm³/mol. The topological polar surface area (TPSA) is 45.9 Å². The van der Waals surface area contributed by atoms with E-state index in [1.54, 1.807) is 0 Å². The van der Waals surface area contributed by atoms with Crippen molar-refractivity contribution in [2.45, 2.75) is 0 Å². The van der Waals surface area contributed by atoms with Crippen molar-refractivity contribution in [3.8, 4) is 17.6 Å². The standard InChI is InChI=1S/C12H5BrClFN2O/c13-8-3-9(14)10(15)4-11(8)18-12-6-17-2-1-7(12)5-16/h1-4,6H. The molecule has 90 valence electrons. The van der Waals surface area contributed by atoms with Crippen molar-refractivity contribution in [3.63, 3.8) is 0 Å². The number of hydrogen-bond acceptors (Lipinski definition) is 3. The van der Waals surface area contributed by atoms with Crippen LogP contribution in [0.4, 0.5) is 4.39 Å². The normalized spacial score (nSPS) is 9.89. The summed E-state index contributed by atoms with van der Waals surface area (Å²) < 4.78 is 19.3. The van der Waals surface area contributed by atoms with Crippen molar-refractivity contribution >= 4 is 27.5 Å². The lowest BCUT2D eigenvalue weighted by molar-refractivity contribution is 0.470. The number of halogens is 3. The molecule has 0 atom stereocenters. The number of pyridine rings is 1. The van der Waals surface area contributed by atoms with Crippen LogP contribution in [-0.2, 0) is 0 Å². The highest BCUT2D eigenvalue weighted by Crippen LogP contribution is 2.34. The number of benzene rings is 1. The summed E-state index contributed by atoms with van der Waals surface area (Å²) in [6, 6.07) is 5.99. The molecular weight excluding hydrogens is 322 g/mol. The summed E-state index contributed by atoms with van der Waals surface area (Å²) in [7, 11) is 0. The van der Waals surface area contributed by atoms with Crippen LogP contribution in [0.2, 0.25) is 5.02 Å². The lowest BCUT2D eigenvalue weighted by atomic mass is 10.2. The zero-order valence-electron chi connectivity index (χ0n) is 8.82.